The minimum absolute atomic E-state index is 0.0979. The van der Waals surface area contributed by atoms with Gasteiger partial charge in [0.15, 0.2) is 29.6 Å². The van der Waals surface area contributed by atoms with Crippen LogP contribution in [0.4, 0.5) is 28.9 Å². The van der Waals surface area contributed by atoms with Crippen molar-refractivity contribution in [1.29, 1.82) is 0 Å². The number of hydrogen-bond donors (Lipinski definition) is 1. The third-order valence-corrected chi connectivity index (χ3v) is 2.88. The van der Waals surface area contributed by atoms with Gasteiger partial charge in [-0.25, -0.2) is 17.6 Å². The Morgan fingerprint density at radius 1 is 0.862 bits per heavy atom. The van der Waals surface area contributed by atoms with Crippen LogP contribution in [0.2, 0.25) is 0 Å². The van der Waals surface area contributed by atoms with Crippen molar-refractivity contribution in [2.45, 2.75) is 6.61 Å². The van der Waals surface area contributed by atoms with Crippen LogP contribution in [-0.2, 0) is 29.1 Å². The summed E-state index contributed by atoms with van der Waals surface area (Å²) in [5, 5.41) is 29.0. The van der Waals surface area contributed by atoms with Crippen molar-refractivity contribution in [2.75, 3.05) is 0 Å². The molecule has 0 atom stereocenters. The van der Waals surface area contributed by atoms with Gasteiger partial charge < -0.3 is 5.11 Å². The summed E-state index contributed by atoms with van der Waals surface area (Å²) in [5.41, 5.74) is -2.09. The van der Waals surface area contributed by atoms with Crippen LogP contribution < -0.4 is 0 Å². The quantitative estimate of drug-likeness (QED) is 0.238. The first-order valence-electron chi connectivity index (χ1n) is 6.75. The third kappa shape index (κ3) is 7.69. The van der Waals surface area contributed by atoms with E-state index in [9.17, 15) is 42.6 Å². The summed E-state index contributed by atoms with van der Waals surface area (Å²) in [4.78, 5) is 28.8. The molecule has 0 aliphatic carbocycles. The van der Waals surface area contributed by atoms with Crippen LogP contribution >= 0.6 is 0 Å². The van der Waals surface area contributed by atoms with Gasteiger partial charge in [0, 0.05) is 0 Å². The normalized spacial score (nSPS) is 9.28. The molecule has 0 aliphatic rings. The van der Waals surface area contributed by atoms with E-state index in [1.165, 1.54) is 0 Å². The Morgan fingerprint density at radius 3 is 1.62 bits per heavy atom. The first-order chi connectivity index (χ1) is 13.5. The van der Waals surface area contributed by atoms with E-state index in [1.54, 1.807) is 0 Å². The molecule has 0 saturated carbocycles. The van der Waals surface area contributed by atoms with E-state index in [4.69, 9.17) is 12.8 Å². The van der Waals surface area contributed by atoms with Crippen molar-refractivity contribution in [2.24, 2.45) is 0 Å². The maximum absolute atomic E-state index is 12.5. The number of nitro groups is 2. The fraction of sp³-hybridized carbons (Fsp3) is 0.0714. The molecule has 0 saturated heterocycles. The molecule has 0 radical (unpaired) electrons. The van der Waals surface area contributed by atoms with Crippen LogP contribution in [-0.4, -0.2) is 21.2 Å². The summed E-state index contributed by atoms with van der Waals surface area (Å²) in [6.07, 6.45) is 0.0979. The molecule has 0 bridgehead atoms. The fourth-order valence-electron chi connectivity index (χ4n) is 1.68. The van der Waals surface area contributed by atoms with E-state index in [2.05, 4.69) is 0 Å². The fourth-order valence-corrected chi connectivity index (χ4v) is 1.68. The molecule has 10 nitrogen and oxygen atoms in total. The second kappa shape index (κ2) is 12.2. The van der Waals surface area contributed by atoms with Crippen LogP contribution in [0.3, 0.4) is 0 Å². The molecule has 2 rings (SSSR count). The van der Waals surface area contributed by atoms with E-state index in [1.807, 2.05) is 0 Å². The van der Waals surface area contributed by atoms with E-state index in [0.717, 1.165) is 0 Å². The SMILES string of the molecule is O=Cc1cc(F)c(F)cc1[N+](=O)[O-].O=[N+]([O-])c1cc(F)c(F)cc1CO.[O]=[Mn]=[O]. The molecular formula is C14H8F4MnN2O8. The summed E-state index contributed by atoms with van der Waals surface area (Å²) in [6, 6.07) is 1.91. The summed E-state index contributed by atoms with van der Waals surface area (Å²) >= 11 is -1.44. The Balaban J connectivity index is 0.000000477. The van der Waals surface area contributed by atoms with Gasteiger partial charge in [0.2, 0.25) is 0 Å². The maximum atomic E-state index is 12.5. The number of aliphatic hydroxyl groups is 1. The van der Waals surface area contributed by atoms with E-state index in [0.29, 0.717) is 24.3 Å². The molecule has 0 aromatic heterocycles. The van der Waals surface area contributed by atoms with Crippen LogP contribution in [0, 0.1) is 43.5 Å². The Bertz CT molecular complexity index is 967. The van der Waals surface area contributed by atoms with Gasteiger partial charge in [-0.2, -0.15) is 0 Å². The van der Waals surface area contributed by atoms with Gasteiger partial charge in [-0.05, 0) is 12.1 Å². The number of benzene rings is 2. The van der Waals surface area contributed by atoms with Crippen LogP contribution in [0.15, 0.2) is 24.3 Å². The molecule has 15 heteroatoms. The molecule has 0 fully saturated rings. The molecule has 29 heavy (non-hydrogen) atoms. The predicted molar refractivity (Wildman–Crippen MR) is 78.7 cm³/mol. The standard InChI is InChI=1S/C7H5F2NO3.C7H3F2NO3.Mn.2O/c2*8-5-1-4(3-11)7(10(12)13)2-6(5)9;;;/h1-2,11H,3H2;1-3H;;;. The van der Waals surface area contributed by atoms with E-state index >= 15 is 0 Å². The van der Waals surface area contributed by atoms with Crippen molar-refractivity contribution < 1.29 is 59.8 Å². The molecule has 0 aliphatic heterocycles. The summed E-state index contributed by atoms with van der Waals surface area (Å²) < 4.78 is 66.7. The van der Waals surface area contributed by atoms with Gasteiger partial charge in [0.25, 0.3) is 11.4 Å². The van der Waals surface area contributed by atoms with Crippen LogP contribution in [0.25, 0.3) is 0 Å². The molecule has 0 spiro atoms. The molecule has 157 valence electrons. The number of carbonyl (C=O) groups is 1. The van der Waals surface area contributed by atoms with Gasteiger partial charge in [0.05, 0.1) is 39.7 Å². The predicted octanol–water partition coefficient (Wildman–Crippen LogP) is 2.81. The number of rotatable bonds is 4. The second-order valence-electron chi connectivity index (χ2n) is 4.57. The van der Waals surface area contributed by atoms with E-state index in [-0.39, 0.29) is 11.8 Å². The van der Waals surface area contributed by atoms with Gasteiger partial charge in [0.1, 0.15) is 0 Å². The van der Waals surface area contributed by atoms with Gasteiger partial charge in [-0.15, -0.1) is 0 Å². The Morgan fingerprint density at radius 2 is 1.24 bits per heavy atom. The Kier molecular flexibility index (Phi) is 10.8. The molecule has 2 aromatic carbocycles. The molecule has 2 aromatic rings. The number of aliphatic hydroxyl groups excluding tert-OH is 1. The first-order valence-corrected chi connectivity index (χ1v) is 7.71. The van der Waals surface area contributed by atoms with Crippen molar-refractivity contribution in [3.8, 4) is 0 Å². The zero-order chi connectivity index (χ0) is 22.7. The Labute approximate surface area is 163 Å². The average molecular weight is 463 g/mol. The first kappa shape index (κ1) is 25.7. The second-order valence-corrected chi connectivity index (χ2v) is 4.77. The van der Waals surface area contributed by atoms with Crippen molar-refractivity contribution in [1.82, 2.24) is 0 Å². The number of carbonyl (C=O) groups excluding carboxylic acids is 1. The molecule has 0 amide bonds. The molecule has 1 N–H and O–H groups in total. The molecule has 0 unspecified atom stereocenters. The van der Waals surface area contributed by atoms with Crippen molar-refractivity contribution in [3.63, 3.8) is 0 Å². The number of nitro benzene ring substituents is 2. The summed E-state index contributed by atoms with van der Waals surface area (Å²) in [5.74, 6) is -5.15. The molecule has 0 heterocycles. The van der Waals surface area contributed by atoms with Gasteiger partial charge >= 0.3 is 22.5 Å². The number of halogens is 4. The number of aldehydes is 1. The minimum atomic E-state index is -1.44. The van der Waals surface area contributed by atoms with Crippen LogP contribution in [0.1, 0.15) is 15.9 Å². The van der Waals surface area contributed by atoms with Gasteiger partial charge in [-0.3, -0.25) is 25.0 Å². The zero-order valence-corrected chi connectivity index (χ0v) is 14.9. The number of hydrogen-bond acceptors (Lipinski definition) is 8. The van der Waals surface area contributed by atoms with Crippen LogP contribution in [0.5, 0.6) is 0 Å². The summed E-state index contributed by atoms with van der Waals surface area (Å²) in [6.45, 7) is -0.701. The summed E-state index contributed by atoms with van der Waals surface area (Å²) in [7, 11) is 0. The average Bonchev–Trinajstić information content (AvgIpc) is 2.66. The monoisotopic (exact) mass is 463 g/mol. The number of nitrogens with zero attached hydrogens (tertiary/aromatic N) is 2. The topological polar surface area (TPSA) is 158 Å². The van der Waals surface area contributed by atoms with Crippen molar-refractivity contribution in [3.05, 3.63) is 78.9 Å². The third-order valence-electron chi connectivity index (χ3n) is 2.88. The van der Waals surface area contributed by atoms with Gasteiger partial charge in [-0.1, -0.05) is 0 Å². The zero-order valence-electron chi connectivity index (χ0n) is 13.7. The Hall–Kier alpha value is -3.29. The van der Waals surface area contributed by atoms with Crippen molar-refractivity contribution >= 4 is 17.7 Å². The van der Waals surface area contributed by atoms with E-state index < -0.39 is 71.5 Å². The molecular weight excluding hydrogens is 455 g/mol.